The van der Waals surface area contributed by atoms with E-state index in [0.717, 1.165) is 42.3 Å². The Morgan fingerprint density at radius 3 is 2.00 bits per heavy atom. The molecule has 2 aromatic carbocycles. The molecule has 3 aliphatic rings. The van der Waals surface area contributed by atoms with Crippen molar-refractivity contribution in [3.05, 3.63) is 71.3 Å². The highest BCUT2D eigenvalue weighted by atomic mass is 35.5. The van der Waals surface area contributed by atoms with Gasteiger partial charge in [0.25, 0.3) is 0 Å². The summed E-state index contributed by atoms with van der Waals surface area (Å²) < 4.78 is 0. The maximum absolute atomic E-state index is 12.0. The molecular formula is C27H38ClNO. The molecule has 164 valence electrons. The molecule has 0 spiro atoms. The molecular weight excluding hydrogens is 390 g/mol. The van der Waals surface area contributed by atoms with Crippen LogP contribution in [0.15, 0.2) is 54.6 Å². The summed E-state index contributed by atoms with van der Waals surface area (Å²) in [7, 11) is 0. The molecule has 2 nitrogen and oxygen atoms in total. The lowest BCUT2D eigenvalue weighted by atomic mass is 9.83. The van der Waals surface area contributed by atoms with Gasteiger partial charge in [0.15, 0.2) is 0 Å². The molecule has 1 atom stereocenters. The van der Waals surface area contributed by atoms with Crippen LogP contribution in [0.1, 0.15) is 68.6 Å². The van der Waals surface area contributed by atoms with Gasteiger partial charge in [-0.25, -0.2) is 0 Å². The standard InChI is InChI=1S/C27H37NO.ClH/c1-2-3-7-22-14-16-26(17-15-22)27(29,25-8-5-4-6-9-25)18-19-28-20-23-10-11-24(21-28)13-12-23;/h4-6,8-9,14-17,23-24,29H,2-3,7,10-13,18-21H2,1H3;1H. The number of aryl methyl sites for hydroxylation is 1. The number of aliphatic hydroxyl groups is 1. The zero-order valence-corrected chi connectivity index (χ0v) is 19.2. The number of hydrogen-bond donors (Lipinski definition) is 2. The Labute approximate surface area is 189 Å². The molecule has 3 fully saturated rings. The molecule has 5 rings (SSSR count). The Bertz CT molecular complexity index is 740. The molecule has 2 saturated heterocycles. The normalized spacial score (nSPS) is 25.2. The molecule has 2 heterocycles. The summed E-state index contributed by atoms with van der Waals surface area (Å²) in [5.41, 5.74) is 2.54. The van der Waals surface area contributed by atoms with E-state index in [1.165, 1.54) is 57.2 Å². The first-order valence-corrected chi connectivity index (χ1v) is 11.9. The average Bonchev–Trinajstić information content (AvgIpc) is 3.10. The van der Waals surface area contributed by atoms with Crippen LogP contribution in [0.2, 0.25) is 0 Å². The first-order chi connectivity index (χ1) is 14.2. The molecule has 1 unspecified atom stereocenters. The smallest absolute Gasteiger partial charge is 0.120 e. The fraction of sp³-hybridized carbons (Fsp3) is 0.556. The number of rotatable bonds is 8. The summed E-state index contributed by atoms with van der Waals surface area (Å²) in [6, 6.07) is 19.1. The summed E-state index contributed by atoms with van der Waals surface area (Å²) in [5.74, 6) is 1.82. The molecule has 2 bridgehead atoms. The molecule has 0 aromatic heterocycles. The Balaban J connectivity index is 0.00000256. The van der Waals surface area contributed by atoms with Gasteiger partial charge in [0.2, 0.25) is 0 Å². The van der Waals surface area contributed by atoms with Gasteiger partial charge >= 0.3 is 0 Å². The quantitative estimate of drug-likeness (QED) is 0.653. The molecule has 30 heavy (non-hydrogen) atoms. The van der Waals surface area contributed by atoms with Crippen LogP contribution in [0.5, 0.6) is 0 Å². The van der Waals surface area contributed by atoms with E-state index in [2.05, 4.69) is 55.5 Å². The van der Waals surface area contributed by atoms with Gasteiger partial charge in [-0.15, -0.1) is 0 Å². The monoisotopic (exact) mass is 427 g/mol. The molecule has 1 saturated carbocycles. The van der Waals surface area contributed by atoms with Crippen LogP contribution in [0, 0.1) is 11.8 Å². The van der Waals surface area contributed by atoms with Gasteiger partial charge in [-0.05, 0) is 55.2 Å². The lowest BCUT2D eigenvalue weighted by Crippen LogP contribution is -3.13. The Morgan fingerprint density at radius 2 is 1.43 bits per heavy atom. The van der Waals surface area contributed by atoms with Crippen molar-refractivity contribution >= 4 is 0 Å². The van der Waals surface area contributed by atoms with Crippen molar-refractivity contribution in [2.24, 2.45) is 11.8 Å². The SMILES string of the molecule is CCCCc1ccc(C(O)(CC[NH+]2CC3CCC(CC3)C2)c2ccccc2)cc1.[Cl-]. The Morgan fingerprint density at radius 1 is 0.867 bits per heavy atom. The van der Waals surface area contributed by atoms with Crippen molar-refractivity contribution in [1.82, 2.24) is 0 Å². The zero-order chi connectivity index (χ0) is 20.1. The van der Waals surface area contributed by atoms with Gasteiger partial charge in [0, 0.05) is 18.3 Å². The van der Waals surface area contributed by atoms with Crippen LogP contribution in [0.3, 0.4) is 0 Å². The molecule has 1 aliphatic carbocycles. The minimum Gasteiger partial charge on any atom is -1.00 e. The van der Waals surface area contributed by atoms with Gasteiger partial charge in [-0.2, -0.15) is 0 Å². The molecule has 0 radical (unpaired) electrons. The van der Waals surface area contributed by atoms with Gasteiger partial charge in [-0.3, -0.25) is 0 Å². The first kappa shape index (κ1) is 23.3. The molecule has 2 N–H and O–H groups in total. The zero-order valence-electron chi connectivity index (χ0n) is 18.5. The fourth-order valence-electron chi connectivity index (χ4n) is 5.60. The van der Waals surface area contributed by atoms with Crippen LogP contribution < -0.4 is 17.3 Å². The third-order valence-electron chi connectivity index (χ3n) is 7.46. The van der Waals surface area contributed by atoms with Crippen molar-refractivity contribution in [3.63, 3.8) is 0 Å². The minimum atomic E-state index is -0.900. The third-order valence-corrected chi connectivity index (χ3v) is 7.46. The second kappa shape index (κ2) is 10.8. The summed E-state index contributed by atoms with van der Waals surface area (Å²) >= 11 is 0. The highest BCUT2D eigenvalue weighted by Gasteiger charge is 2.36. The van der Waals surface area contributed by atoms with Crippen molar-refractivity contribution in [3.8, 4) is 0 Å². The van der Waals surface area contributed by atoms with Crippen molar-refractivity contribution in [2.75, 3.05) is 19.6 Å². The molecule has 2 aliphatic heterocycles. The van der Waals surface area contributed by atoms with Crippen LogP contribution >= 0.6 is 0 Å². The highest BCUT2D eigenvalue weighted by Crippen LogP contribution is 2.33. The van der Waals surface area contributed by atoms with E-state index >= 15 is 0 Å². The van der Waals surface area contributed by atoms with Gasteiger partial charge < -0.3 is 22.4 Å². The molecule has 3 heteroatoms. The predicted molar refractivity (Wildman–Crippen MR) is 120 cm³/mol. The molecule has 0 amide bonds. The number of hydrogen-bond acceptors (Lipinski definition) is 1. The number of benzene rings is 2. The number of fused-ring (bicyclic) bond motifs is 4. The number of quaternary nitrogens is 1. The average molecular weight is 428 g/mol. The van der Waals surface area contributed by atoms with E-state index in [-0.39, 0.29) is 12.4 Å². The molecule has 2 aromatic rings. The lowest BCUT2D eigenvalue weighted by Gasteiger charge is -2.31. The van der Waals surface area contributed by atoms with Crippen LogP contribution in [0.25, 0.3) is 0 Å². The third kappa shape index (κ3) is 5.46. The summed E-state index contributed by atoms with van der Waals surface area (Å²) in [5, 5.41) is 12.0. The van der Waals surface area contributed by atoms with Gasteiger partial charge in [0.05, 0.1) is 19.6 Å². The Kier molecular flexibility index (Phi) is 8.39. The number of nitrogens with one attached hydrogen (secondary N) is 1. The summed E-state index contributed by atoms with van der Waals surface area (Å²) in [4.78, 5) is 1.71. The van der Waals surface area contributed by atoms with Crippen molar-refractivity contribution in [2.45, 2.75) is 63.9 Å². The second-order valence-electron chi connectivity index (χ2n) is 9.57. The maximum Gasteiger partial charge on any atom is 0.120 e. The van der Waals surface area contributed by atoms with E-state index < -0.39 is 5.60 Å². The van der Waals surface area contributed by atoms with Crippen molar-refractivity contribution in [1.29, 1.82) is 0 Å². The van der Waals surface area contributed by atoms with Gasteiger partial charge in [-0.1, -0.05) is 67.9 Å². The first-order valence-electron chi connectivity index (χ1n) is 11.9. The summed E-state index contributed by atoms with van der Waals surface area (Å²) in [6.07, 6.45) is 10.1. The maximum atomic E-state index is 12.0. The van der Waals surface area contributed by atoms with Crippen LogP contribution in [0.4, 0.5) is 0 Å². The summed E-state index contributed by atoms with van der Waals surface area (Å²) in [6.45, 7) is 5.89. The number of unbranched alkanes of at least 4 members (excludes halogenated alkanes) is 1. The van der Waals surface area contributed by atoms with Crippen molar-refractivity contribution < 1.29 is 22.4 Å². The fourth-order valence-corrected chi connectivity index (χ4v) is 5.60. The van der Waals surface area contributed by atoms with E-state index in [9.17, 15) is 5.11 Å². The van der Waals surface area contributed by atoms with E-state index in [0.29, 0.717) is 0 Å². The Hall–Kier alpha value is -1.35. The largest absolute Gasteiger partial charge is 1.00 e. The number of halogens is 1. The van der Waals surface area contributed by atoms with E-state index in [1.54, 1.807) is 4.90 Å². The van der Waals surface area contributed by atoms with Crippen LogP contribution in [-0.4, -0.2) is 24.7 Å². The lowest BCUT2D eigenvalue weighted by molar-refractivity contribution is -0.904. The minimum absolute atomic E-state index is 0. The van der Waals surface area contributed by atoms with Gasteiger partial charge in [0.1, 0.15) is 5.60 Å². The van der Waals surface area contributed by atoms with E-state index in [1.807, 2.05) is 6.07 Å². The highest BCUT2D eigenvalue weighted by molar-refractivity contribution is 5.37. The predicted octanol–water partition coefficient (Wildman–Crippen LogP) is 1.36. The van der Waals surface area contributed by atoms with Crippen LogP contribution in [-0.2, 0) is 12.0 Å². The second-order valence-corrected chi connectivity index (χ2v) is 9.57. The topological polar surface area (TPSA) is 24.7 Å². The van der Waals surface area contributed by atoms with E-state index in [4.69, 9.17) is 0 Å².